The molecule has 88 valence electrons. The Labute approximate surface area is 94.8 Å². The van der Waals surface area contributed by atoms with Gasteiger partial charge in [-0.1, -0.05) is 6.92 Å². The Kier molecular flexibility index (Phi) is 3.31. The van der Waals surface area contributed by atoms with E-state index < -0.39 is 0 Å². The molecule has 1 aliphatic rings. The summed E-state index contributed by atoms with van der Waals surface area (Å²) < 4.78 is 15.9. The van der Waals surface area contributed by atoms with Gasteiger partial charge in [0.1, 0.15) is 11.5 Å². The third-order valence-corrected chi connectivity index (χ3v) is 2.66. The minimum absolute atomic E-state index is 0.0195. The average Bonchev–Trinajstić information content (AvgIpc) is 2.68. The summed E-state index contributed by atoms with van der Waals surface area (Å²) in [6.07, 6.45) is 0. The van der Waals surface area contributed by atoms with Crippen molar-refractivity contribution in [1.82, 2.24) is 0 Å². The van der Waals surface area contributed by atoms with Crippen molar-refractivity contribution in [1.29, 1.82) is 0 Å². The van der Waals surface area contributed by atoms with Crippen LogP contribution in [0.3, 0.4) is 0 Å². The first-order valence-electron chi connectivity index (χ1n) is 5.28. The predicted molar refractivity (Wildman–Crippen MR) is 58.8 cm³/mol. The molecule has 0 saturated heterocycles. The van der Waals surface area contributed by atoms with Gasteiger partial charge < -0.3 is 19.3 Å². The standard InChI is InChI=1S/C12H16O4/c1-8-6-15-10-3-9(5-13)4-11(12(8)10)16-7-14-2/h3-4,8,13H,5-7H2,1-2H3. The van der Waals surface area contributed by atoms with Gasteiger partial charge in [-0.05, 0) is 17.7 Å². The largest absolute Gasteiger partial charge is 0.493 e. The summed E-state index contributed by atoms with van der Waals surface area (Å²) in [5.74, 6) is 1.87. The van der Waals surface area contributed by atoms with E-state index in [-0.39, 0.29) is 13.4 Å². The average molecular weight is 224 g/mol. The molecule has 1 N–H and O–H groups in total. The highest BCUT2D eigenvalue weighted by molar-refractivity contribution is 5.52. The summed E-state index contributed by atoms with van der Waals surface area (Å²) in [6, 6.07) is 3.70. The van der Waals surface area contributed by atoms with Gasteiger partial charge in [0.2, 0.25) is 0 Å². The monoisotopic (exact) mass is 224 g/mol. The van der Waals surface area contributed by atoms with Gasteiger partial charge >= 0.3 is 0 Å². The molecule has 16 heavy (non-hydrogen) atoms. The van der Waals surface area contributed by atoms with Gasteiger partial charge in [0.05, 0.1) is 13.2 Å². The van der Waals surface area contributed by atoms with Crippen molar-refractivity contribution < 1.29 is 19.3 Å². The fraction of sp³-hybridized carbons (Fsp3) is 0.500. The first kappa shape index (κ1) is 11.2. The van der Waals surface area contributed by atoms with Gasteiger partial charge in [0, 0.05) is 18.6 Å². The third-order valence-electron chi connectivity index (χ3n) is 2.66. The van der Waals surface area contributed by atoms with Crippen LogP contribution < -0.4 is 9.47 Å². The van der Waals surface area contributed by atoms with E-state index in [0.29, 0.717) is 12.5 Å². The topological polar surface area (TPSA) is 47.9 Å². The van der Waals surface area contributed by atoms with Crippen LogP contribution in [0.4, 0.5) is 0 Å². The summed E-state index contributed by atoms with van der Waals surface area (Å²) in [7, 11) is 1.58. The number of hydrogen-bond acceptors (Lipinski definition) is 4. The molecule has 1 aliphatic heterocycles. The highest BCUT2D eigenvalue weighted by Crippen LogP contribution is 2.41. The van der Waals surface area contributed by atoms with Crippen LogP contribution in [0.5, 0.6) is 11.5 Å². The quantitative estimate of drug-likeness (QED) is 0.790. The first-order valence-corrected chi connectivity index (χ1v) is 5.28. The van der Waals surface area contributed by atoms with E-state index in [0.717, 1.165) is 22.6 Å². The Morgan fingerprint density at radius 2 is 2.31 bits per heavy atom. The maximum Gasteiger partial charge on any atom is 0.188 e. The summed E-state index contributed by atoms with van der Waals surface area (Å²) in [5.41, 5.74) is 1.85. The Hall–Kier alpha value is -1.26. The molecule has 0 saturated carbocycles. The second kappa shape index (κ2) is 4.72. The van der Waals surface area contributed by atoms with Crippen LogP contribution in [0.2, 0.25) is 0 Å². The van der Waals surface area contributed by atoms with E-state index in [2.05, 4.69) is 6.92 Å². The molecule has 1 aromatic carbocycles. The van der Waals surface area contributed by atoms with Crippen molar-refractivity contribution in [2.75, 3.05) is 20.5 Å². The van der Waals surface area contributed by atoms with Gasteiger partial charge in [-0.2, -0.15) is 0 Å². The molecule has 4 nitrogen and oxygen atoms in total. The van der Waals surface area contributed by atoms with E-state index in [1.807, 2.05) is 12.1 Å². The zero-order chi connectivity index (χ0) is 11.5. The molecule has 4 heteroatoms. The van der Waals surface area contributed by atoms with E-state index in [1.165, 1.54) is 0 Å². The summed E-state index contributed by atoms with van der Waals surface area (Å²) in [4.78, 5) is 0. The zero-order valence-electron chi connectivity index (χ0n) is 9.53. The smallest absolute Gasteiger partial charge is 0.188 e. The van der Waals surface area contributed by atoms with Gasteiger partial charge in [-0.3, -0.25) is 0 Å². The molecule has 0 radical (unpaired) electrons. The van der Waals surface area contributed by atoms with Crippen LogP contribution in [0, 0.1) is 0 Å². The molecule has 1 heterocycles. The van der Waals surface area contributed by atoms with Crippen molar-refractivity contribution >= 4 is 0 Å². The maximum atomic E-state index is 9.14. The molecule has 0 amide bonds. The SMILES string of the molecule is COCOc1cc(CO)cc2c1C(C)CO2. The summed E-state index contributed by atoms with van der Waals surface area (Å²) in [5, 5.41) is 9.14. The fourth-order valence-corrected chi connectivity index (χ4v) is 1.89. The van der Waals surface area contributed by atoms with Crippen LogP contribution in [0.1, 0.15) is 24.0 Å². The molecular weight excluding hydrogens is 208 g/mol. The number of hydrogen-bond donors (Lipinski definition) is 1. The highest BCUT2D eigenvalue weighted by atomic mass is 16.7. The Morgan fingerprint density at radius 1 is 1.50 bits per heavy atom. The normalized spacial score (nSPS) is 18.1. The van der Waals surface area contributed by atoms with E-state index in [9.17, 15) is 0 Å². The van der Waals surface area contributed by atoms with Gasteiger partial charge in [0.25, 0.3) is 0 Å². The summed E-state index contributed by atoms with van der Waals surface area (Å²) in [6.45, 7) is 2.93. The second-order valence-corrected chi connectivity index (χ2v) is 3.93. The van der Waals surface area contributed by atoms with Crippen LogP contribution in [-0.4, -0.2) is 25.6 Å². The third kappa shape index (κ3) is 1.99. The van der Waals surface area contributed by atoms with Crippen molar-refractivity contribution in [2.45, 2.75) is 19.4 Å². The number of aliphatic hydroxyl groups excluding tert-OH is 1. The molecule has 0 aromatic heterocycles. The van der Waals surface area contributed by atoms with E-state index >= 15 is 0 Å². The molecule has 0 spiro atoms. The minimum Gasteiger partial charge on any atom is -0.493 e. The number of fused-ring (bicyclic) bond motifs is 1. The second-order valence-electron chi connectivity index (χ2n) is 3.93. The molecule has 0 bridgehead atoms. The number of benzene rings is 1. The molecule has 1 aromatic rings. The van der Waals surface area contributed by atoms with Crippen LogP contribution in [-0.2, 0) is 11.3 Å². The minimum atomic E-state index is -0.0195. The summed E-state index contributed by atoms with van der Waals surface area (Å²) >= 11 is 0. The van der Waals surface area contributed by atoms with E-state index in [1.54, 1.807) is 7.11 Å². The Morgan fingerprint density at radius 3 is 3.00 bits per heavy atom. The number of aliphatic hydroxyl groups is 1. The number of rotatable bonds is 4. The van der Waals surface area contributed by atoms with Crippen molar-refractivity contribution in [2.24, 2.45) is 0 Å². The van der Waals surface area contributed by atoms with Crippen LogP contribution in [0.25, 0.3) is 0 Å². The molecule has 1 atom stereocenters. The van der Waals surface area contributed by atoms with Gasteiger partial charge in [-0.25, -0.2) is 0 Å². The molecule has 1 unspecified atom stereocenters. The molecule has 0 fully saturated rings. The van der Waals surface area contributed by atoms with Gasteiger partial charge in [-0.15, -0.1) is 0 Å². The maximum absolute atomic E-state index is 9.14. The Balaban J connectivity index is 2.36. The lowest BCUT2D eigenvalue weighted by Gasteiger charge is -2.12. The molecule has 0 aliphatic carbocycles. The Bertz CT molecular complexity index is 376. The lowest BCUT2D eigenvalue weighted by molar-refractivity contribution is 0.0502. The van der Waals surface area contributed by atoms with Crippen molar-refractivity contribution in [3.63, 3.8) is 0 Å². The van der Waals surface area contributed by atoms with Crippen LogP contribution >= 0.6 is 0 Å². The lowest BCUT2D eigenvalue weighted by Crippen LogP contribution is -2.03. The molecular formula is C12H16O4. The predicted octanol–water partition coefficient (Wildman–Crippen LogP) is 1.66. The molecule has 2 rings (SSSR count). The van der Waals surface area contributed by atoms with Gasteiger partial charge in [0.15, 0.2) is 6.79 Å². The van der Waals surface area contributed by atoms with Crippen molar-refractivity contribution in [3.05, 3.63) is 23.3 Å². The fourth-order valence-electron chi connectivity index (χ4n) is 1.89. The number of methoxy groups -OCH3 is 1. The highest BCUT2D eigenvalue weighted by Gasteiger charge is 2.25. The zero-order valence-corrected chi connectivity index (χ0v) is 9.53. The first-order chi connectivity index (χ1) is 7.76. The van der Waals surface area contributed by atoms with Crippen molar-refractivity contribution in [3.8, 4) is 11.5 Å². The number of ether oxygens (including phenoxy) is 3. The lowest BCUT2D eigenvalue weighted by atomic mass is 10.0. The van der Waals surface area contributed by atoms with Crippen LogP contribution in [0.15, 0.2) is 12.1 Å². The van der Waals surface area contributed by atoms with E-state index in [4.69, 9.17) is 19.3 Å².